The first-order chi connectivity index (χ1) is 7.53. The summed E-state index contributed by atoms with van der Waals surface area (Å²) in [6.45, 7) is 6.53. The van der Waals surface area contributed by atoms with Crippen LogP contribution in [0.5, 0.6) is 0 Å². The Morgan fingerprint density at radius 3 is 1.12 bits per heavy atom. The van der Waals surface area contributed by atoms with Crippen molar-refractivity contribution in [2.75, 3.05) is 0 Å². The summed E-state index contributed by atoms with van der Waals surface area (Å²) in [4.78, 5) is 0. The molecule has 0 bridgehead atoms. The lowest BCUT2D eigenvalue weighted by Crippen LogP contribution is -2.40. The van der Waals surface area contributed by atoms with E-state index in [2.05, 4.69) is 38.1 Å². The summed E-state index contributed by atoms with van der Waals surface area (Å²) in [6.07, 6.45) is 0. The first-order valence-corrected chi connectivity index (χ1v) is 13.8. The Balaban J connectivity index is 4.15. The minimum atomic E-state index is -1.08. The Kier molecular flexibility index (Phi) is 11.5. The van der Waals surface area contributed by atoms with Crippen LogP contribution in [0.15, 0.2) is 0 Å². The van der Waals surface area contributed by atoms with Crippen molar-refractivity contribution in [1.82, 2.24) is 0 Å². The Morgan fingerprint density at radius 1 is 0.688 bits per heavy atom. The highest BCUT2D eigenvalue weighted by Crippen LogP contribution is 2.06. The topological polar surface area (TPSA) is 27.7 Å². The molecule has 0 aliphatic rings. The van der Waals surface area contributed by atoms with Crippen molar-refractivity contribution in [2.45, 2.75) is 54.0 Å². The second-order valence-corrected chi connectivity index (χ2v) is 12.5. The van der Waals surface area contributed by atoms with Gasteiger partial charge in [0.05, 0.1) is 0 Å². The molecule has 0 N–H and O–H groups in total. The lowest BCUT2D eigenvalue weighted by atomic mass is 10.3. The van der Waals surface area contributed by atoms with Gasteiger partial charge in [0.25, 0.3) is 0 Å². The summed E-state index contributed by atoms with van der Waals surface area (Å²) in [5.74, 6) is 6.61. The highest BCUT2D eigenvalue weighted by molar-refractivity contribution is 6.70. The van der Waals surface area contributed by atoms with Gasteiger partial charge in [0.1, 0.15) is 0 Å². The zero-order valence-electron chi connectivity index (χ0n) is 11.7. The molecule has 0 amide bonds. The molecule has 0 unspecified atom stereocenters. The van der Waals surface area contributed by atoms with Crippen molar-refractivity contribution in [3.05, 3.63) is 0 Å². The Bertz CT molecular complexity index is 148. The van der Waals surface area contributed by atoms with Gasteiger partial charge in [-0.05, 0) is 0 Å². The van der Waals surface area contributed by atoms with Crippen molar-refractivity contribution < 1.29 is 11.1 Å². The normalized spacial score (nSPS) is 10.1. The van der Waals surface area contributed by atoms with E-state index < -0.39 is 43.4 Å². The Hall–Kier alpha value is 1.54. The molecule has 0 fully saturated rings. The molecule has 0 saturated carbocycles. The van der Waals surface area contributed by atoms with Gasteiger partial charge >= 0.3 is 50.8 Å². The second-order valence-electron chi connectivity index (χ2n) is 4.35. The van der Waals surface area contributed by atoms with E-state index in [0.717, 1.165) is 15.8 Å². The molecule has 0 radical (unpaired) electrons. The summed E-state index contributed by atoms with van der Waals surface area (Å²) in [7, 11) is -0.343. The van der Waals surface area contributed by atoms with E-state index in [1.807, 2.05) is 0 Å². The summed E-state index contributed by atoms with van der Waals surface area (Å²) in [6, 6.07) is 0. The van der Waals surface area contributed by atoms with Crippen LogP contribution >= 0.6 is 0 Å². The monoisotopic (exact) mass is 272 g/mol. The van der Waals surface area contributed by atoms with E-state index in [9.17, 15) is 0 Å². The molecule has 0 aliphatic carbocycles. The largest absolute Gasteiger partial charge is 0.547 e. The zero-order chi connectivity index (χ0) is 12.6. The van der Waals surface area contributed by atoms with Gasteiger partial charge in [-0.1, -0.05) is 54.0 Å². The van der Waals surface area contributed by atoms with E-state index in [0.29, 0.717) is 0 Å². The van der Waals surface area contributed by atoms with E-state index in [-0.39, 0.29) is 7.32 Å². The minimum Gasteiger partial charge on any atom is -0.521 e. The van der Waals surface area contributed by atoms with Gasteiger partial charge in [-0.3, -0.25) is 0 Å². The molecule has 0 aromatic heterocycles. The predicted octanol–water partition coefficient (Wildman–Crippen LogP) is 2.94. The average molecular weight is 272 g/mol. The molecule has 16 heavy (non-hydrogen) atoms. The van der Waals surface area contributed by atoms with Crippen molar-refractivity contribution in [3.8, 4) is 0 Å². The molecule has 0 heterocycles. The van der Waals surface area contributed by atoms with Crippen molar-refractivity contribution in [3.63, 3.8) is 0 Å². The Labute approximate surface area is 115 Å². The fourth-order valence-electron chi connectivity index (χ4n) is 0.954. The highest BCUT2D eigenvalue weighted by Gasteiger charge is 2.30. The summed E-state index contributed by atoms with van der Waals surface area (Å²) in [5, 5.41) is 3.40. The fraction of sp³-hybridized carbons (Fsp3) is 1.00. The third kappa shape index (κ3) is 8.61. The molecule has 0 atom stereocenters. The summed E-state index contributed by atoms with van der Waals surface area (Å²) < 4.78 is 17.7. The molecule has 0 spiro atoms. The van der Waals surface area contributed by atoms with Crippen LogP contribution in [0.3, 0.4) is 0 Å². The third-order valence-corrected chi connectivity index (χ3v) is 8.27. The Morgan fingerprint density at radius 2 is 0.938 bits per heavy atom. The van der Waals surface area contributed by atoms with Crippen LogP contribution in [0.4, 0.5) is 0 Å². The fourth-order valence-corrected chi connectivity index (χ4v) is 3.44. The molecule has 0 aliphatic heterocycles. The SMILES string of the molecule is C[CH2][Al]([CH3])[O]B([O][Al]([CH3])[CH2]C)[O][Al]([CH3])[CH2]C. The summed E-state index contributed by atoms with van der Waals surface area (Å²) in [5.41, 5.74) is 0. The standard InChI is InChI=1S/3C2H5.3CH3.3Al.BO3/c3*1-2;;;;;;;2-1(3)4/h3*1H2,2H3;3*1H3;;;;/q;;;;;;3*+1;-3. The van der Waals surface area contributed by atoms with Gasteiger partial charge in [0.2, 0.25) is 0 Å². The van der Waals surface area contributed by atoms with Crippen LogP contribution in [0.25, 0.3) is 0 Å². The van der Waals surface area contributed by atoms with Crippen molar-refractivity contribution >= 4 is 50.8 Å². The quantitative estimate of drug-likeness (QED) is 0.604. The van der Waals surface area contributed by atoms with Crippen molar-refractivity contribution in [1.29, 1.82) is 0 Å². The number of hydrogen-bond acceptors (Lipinski definition) is 3. The van der Waals surface area contributed by atoms with Crippen LogP contribution in [0, 0.1) is 0 Å². The summed E-state index contributed by atoms with van der Waals surface area (Å²) >= 11 is -3.25. The molecular weight excluding hydrogens is 248 g/mol. The van der Waals surface area contributed by atoms with Crippen LogP contribution in [0.2, 0.25) is 33.2 Å². The molecule has 0 aromatic rings. The number of hydrogen-bond donors (Lipinski definition) is 0. The molecule has 90 valence electrons. The molecule has 0 rings (SSSR count). The van der Waals surface area contributed by atoms with E-state index in [4.69, 9.17) is 11.1 Å². The smallest absolute Gasteiger partial charge is 0.521 e. The molecule has 0 aromatic carbocycles. The van der Waals surface area contributed by atoms with Gasteiger partial charge in [0.15, 0.2) is 0 Å². The van der Waals surface area contributed by atoms with E-state index in [1.165, 1.54) is 0 Å². The molecule has 3 nitrogen and oxygen atoms in total. The van der Waals surface area contributed by atoms with E-state index in [1.54, 1.807) is 0 Å². The first kappa shape index (κ1) is 17.5. The molecule has 7 heteroatoms. The third-order valence-electron chi connectivity index (χ3n) is 2.76. The maximum absolute atomic E-state index is 5.91. The molecular formula is C9H24Al3BO3. The predicted molar refractivity (Wildman–Crippen MR) is 75.3 cm³/mol. The second kappa shape index (κ2) is 10.5. The maximum atomic E-state index is 5.91. The lowest BCUT2D eigenvalue weighted by Gasteiger charge is -2.22. The lowest BCUT2D eigenvalue weighted by molar-refractivity contribution is 0.314. The van der Waals surface area contributed by atoms with Gasteiger partial charge in [-0.2, -0.15) is 0 Å². The van der Waals surface area contributed by atoms with Gasteiger partial charge in [0, 0.05) is 0 Å². The minimum absolute atomic E-state index is 0.343. The van der Waals surface area contributed by atoms with Crippen LogP contribution in [-0.2, 0) is 11.1 Å². The van der Waals surface area contributed by atoms with Crippen LogP contribution < -0.4 is 0 Å². The van der Waals surface area contributed by atoms with E-state index >= 15 is 0 Å². The maximum Gasteiger partial charge on any atom is 0.547 e. The first-order valence-electron chi connectivity index (χ1n) is 6.49. The van der Waals surface area contributed by atoms with Gasteiger partial charge in [-0.25, -0.2) is 0 Å². The highest BCUT2D eigenvalue weighted by atomic mass is 27.2. The number of rotatable bonds is 9. The van der Waals surface area contributed by atoms with Crippen LogP contribution in [0.1, 0.15) is 20.8 Å². The van der Waals surface area contributed by atoms with Gasteiger partial charge in [-0.15, -0.1) is 0 Å². The van der Waals surface area contributed by atoms with Gasteiger partial charge < -0.3 is 11.1 Å². The average Bonchev–Trinajstić information content (AvgIpc) is 2.28. The van der Waals surface area contributed by atoms with Crippen molar-refractivity contribution in [2.24, 2.45) is 0 Å². The zero-order valence-corrected chi connectivity index (χ0v) is 15.1. The molecule has 0 saturated heterocycles. The van der Waals surface area contributed by atoms with Crippen LogP contribution in [-0.4, -0.2) is 50.8 Å².